The zero-order valence-electron chi connectivity index (χ0n) is 34.9. The molecule has 3 aliphatic carbocycles. The number of aromatic nitrogens is 4. The number of fused-ring (bicyclic) bond motifs is 2. The van der Waals surface area contributed by atoms with Crippen LogP contribution in [-0.2, 0) is 19.1 Å². The second-order valence-corrected chi connectivity index (χ2v) is 19.1. The van der Waals surface area contributed by atoms with Crippen molar-refractivity contribution in [2.45, 2.75) is 88.0 Å². The largest absolute Gasteiger partial charge is 0.453 e. The quantitative estimate of drug-likeness (QED) is 0.117. The molecule has 2 aromatic heterocycles. The number of benzene rings is 2. The standard InChI is InChI=1S/C44H54N8O6S2/c1-23(2)35(49-43(55)57-5)39(53)51-17-19-59-41(51)37-45-21-31(47-37)26-9-7-25(8-10-26)29-15-16-30(34-28-13-11-27(12-14-28)33(29)34)32-22-46-38(48-32)42-52(18-20-60-42)40(54)36(24(3)4)50-44(56)58-6/h7-10,15-16,21-24,27-28,35-36,41-42H,11-14,17-20H2,1-6H3,(H,45,47)(H,46,48)(H,49,55)(H,50,56)/t27?,28?,35-,36?,41-,42-/m0/s1. The third kappa shape index (κ3) is 7.99. The Hall–Kier alpha value is -4.96. The molecule has 2 bridgehead atoms. The fourth-order valence-corrected chi connectivity index (χ4v) is 11.7. The number of nitrogens with zero attached hydrogens (tertiary/aromatic N) is 4. The maximum atomic E-state index is 13.8. The maximum absolute atomic E-state index is 13.8. The van der Waals surface area contributed by atoms with E-state index in [1.54, 1.807) is 28.4 Å². The number of amides is 4. The number of aromatic amines is 2. The van der Waals surface area contributed by atoms with Crippen molar-refractivity contribution in [2.24, 2.45) is 11.8 Å². The highest BCUT2D eigenvalue weighted by atomic mass is 32.2. The van der Waals surface area contributed by atoms with Gasteiger partial charge in [-0.15, -0.1) is 23.5 Å². The Morgan fingerprint density at radius 2 is 1.08 bits per heavy atom. The van der Waals surface area contributed by atoms with Crippen LogP contribution in [0.3, 0.4) is 0 Å². The van der Waals surface area contributed by atoms with Crippen LogP contribution in [0.5, 0.6) is 0 Å². The molecule has 2 aliphatic heterocycles. The second-order valence-electron chi connectivity index (χ2n) is 16.7. The SMILES string of the molecule is COC(=O)NC(C(=O)N1CCS[C@H]1c1ncc(-c2ccc(-c3ccc(-c4cnc([C@@H]5SCCN5C(=O)[C@@H](NC(=O)OC)C(C)C)[nH]4)cc3)c3c2C2CCC3CC2)[nH]1)C(C)C. The van der Waals surface area contributed by atoms with Crippen molar-refractivity contribution in [1.29, 1.82) is 0 Å². The molecule has 9 rings (SSSR count). The van der Waals surface area contributed by atoms with Crippen molar-refractivity contribution in [2.75, 3.05) is 38.8 Å². The summed E-state index contributed by atoms with van der Waals surface area (Å²) in [5.41, 5.74) is 9.28. The molecular formula is C44H54N8O6S2. The lowest BCUT2D eigenvalue weighted by Crippen LogP contribution is -2.51. The highest BCUT2D eigenvalue weighted by Crippen LogP contribution is 2.55. The van der Waals surface area contributed by atoms with Crippen LogP contribution in [0.4, 0.5) is 9.59 Å². The first-order chi connectivity index (χ1) is 29.0. The Bertz CT molecular complexity index is 2230. The molecule has 318 valence electrons. The molecule has 1 saturated carbocycles. The van der Waals surface area contributed by atoms with Gasteiger partial charge in [-0.1, -0.05) is 64.1 Å². The smallest absolute Gasteiger partial charge is 0.407 e. The molecule has 2 aromatic carbocycles. The number of ether oxygens (including phenoxy) is 2. The molecule has 1 unspecified atom stereocenters. The summed E-state index contributed by atoms with van der Waals surface area (Å²) in [6.45, 7) is 8.78. The van der Waals surface area contributed by atoms with Crippen LogP contribution in [0.1, 0.15) is 98.7 Å². The fourth-order valence-electron chi connectivity index (χ4n) is 9.31. The molecule has 14 nitrogen and oxygen atoms in total. The van der Waals surface area contributed by atoms with E-state index in [4.69, 9.17) is 19.4 Å². The predicted molar refractivity (Wildman–Crippen MR) is 233 cm³/mol. The summed E-state index contributed by atoms with van der Waals surface area (Å²) in [4.78, 5) is 71.9. The molecule has 4 N–H and O–H groups in total. The minimum atomic E-state index is -0.700. The summed E-state index contributed by atoms with van der Waals surface area (Å²) >= 11 is 3.33. The predicted octanol–water partition coefficient (Wildman–Crippen LogP) is 7.80. The highest BCUT2D eigenvalue weighted by Gasteiger charge is 2.41. The van der Waals surface area contributed by atoms with Gasteiger partial charge in [0.05, 0.1) is 38.0 Å². The monoisotopic (exact) mass is 854 g/mol. The number of hydrogen-bond donors (Lipinski definition) is 4. The van der Waals surface area contributed by atoms with Crippen molar-refractivity contribution in [3.63, 3.8) is 0 Å². The Labute approximate surface area is 359 Å². The Balaban J connectivity index is 1.03. The van der Waals surface area contributed by atoms with Gasteiger partial charge in [0.1, 0.15) is 34.5 Å². The van der Waals surface area contributed by atoms with Gasteiger partial charge < -0.3 is 39.9 Å². The van der Waals surface area contributed by atoms with Crippen LogP contribution in [0.15, 0.2) is 48.8 Å². The third-order valence-electron chi connectivity index (χ3n) is 12.4. The minimum Gasteiger partial charge on any atom is -0.453 e. The zero-order valence-corrected chi connectivity index (χ0v) is 36.6. The van der Waals surface area contributed by atoms with Crippen molar-refractivity contribution >= 4 is 47.5 Å². The Morgan fingerprint density at radius 1 is 0.650 bits per heavy atom. The molecule has 5 aliphatic rings. The molecule has 4 atom stereocenters. The first-order valence-electron chi connectivity index (χ1n) is 20.9. The van der Waals surface area contributed by atoms with Gasteiger partial charge in [0.2, 0.25) is 11.8 Å². The maximum Gasteiger partial charge on any atom is 0.407 e. The van der Waals surface area contributed by atoms with E-state index in [9.17, 15) is 19.2 Å². The number of carbonyl (C=O) groups is 4. The van der Waals surface area contributed by atoms with Gasteiger partial charge in [-0.25, -0.2) is 19.6 Å². The zero-order chi connectivity index (χ0) is 42.2. The number of rotatable bonds is 11. The van der Waals surface area contributed by atoms with Crippen molar-refractivity contribution in [3.05, 3.63) is 71.6 Å². The van der Waals surface area contributed by atoms with Crippen LogP contribution in [0, 0.1) is 11.8 Å². The first-order valence-corrected chi connectivity index (χ1v) is 23.0. The van der Waals surface area contributed by atoms with Gasteiger partial charge in [0.25, 0.3) is 0 Å². The summed E-state index contributed by atoms with van der Waals surface area (Å²) in [6.07, 6.45) is 7.19. The van der Waals surface area contributed by atoms with Gasteiger partial charge >= 0.3 is 12.2 Å². The van der Waals surface area contributed by atoms with E-state index in [0.29, 0.717) is 30.7 Å². The molecule has 16 heteroatoms. The number of alkyl carbamates (subject to hydrolysis) is 2. The number of H-pyrrole nitrogens is 2. The number of imidazole rings is 2. The van der Waals surface area contributed by atoms with Crippen LogP contribution >= 0.6 is 23.5 Å². The van der Waals surface area contributed by atoms with Gasteiger partial charge in [0.15, 0.2) is 0 Å². The lowest BCUT2D eigenvalue weighted by molar-refractivity contribution is -0.135. The van der Waals surface area contributed by atoms with E-state index >= 15 is 0 Å². The summed E-state index contributed by atoms with van der Waals surface area (Å²) in [5, 5.41) is 4.87. The van der Waals surface area contributed by atoms with E-state index in [-0.39, 0.29) is 34.4 Å². The third-order valence-corrected chi connectivity index (χ3v) is 14.8. The molecule has 4 aromatic rings. The van der Waals surface area contributed by atoms with Crippen molar-refractivity contribution < 1.29 is 28.7 Å². The average molecular weight is 855 g/mol. The van der Waals surface area contributed by atoms with Crippen LogP contribution in [-0.4, -0.2) is 105 Å². The Kier molecular flexibility index (Phi) is 12.2. The van der Waals surface area contributed by atoms with E-state index in [1.807, 2.05) is 45.0 Å². The number of nitrogens with one attached hydrogen (secondary N) is 4. The molecule has 4 amide bonds. The van der Waals surface area contributed by atoms with E-state index in [0.717, 1.165) is 39.8 Å². The van der Waals surface area contributed by atoms with E-state index in [1.165, 1.54) is 62.2 Å². The van der Waals surface area contributed by atoms with E-state index < -0.39 is 24.3 Å². The molecule has 0 spiro atoms. The summed E-state index contributed by atoms with van der Waals surface area (Å²) in [5.74, 6) is 3.42. The lowest BCUT2D eigenvalue weighted by Gasteiger charge is -2.41. The number of thioether (sulfide) groups is 2. The second kappa shape index (κ2) is 17.6. The average Bonchev–Trinajstić information content (AvgIpc) is 4.11. The summed E-state index contributed by atoms with van der Waals surface area (Å²) in [7, 11) is 2.60. The van der Waals surface area contributed by atoms with Crippen LogP contribution in [0.2, 0.25) is 0 Å². The molecule has 60 heavy (non-hydrogen) atoms. The van der Waals surface area contributed by atoms with Crippen molar-refractivity contribution in [3.8, 4) is 33.6 Å². The molecular weight excluding hydrogens is 801 g/mol. The fraction of sp³-hybridized carbons (Fsp3) is 0.500. The van der Waals surface area contributed by atoms with Gasteiger partial charge in [-0.05, 0) is 77.2 Å². The van der Waals surface area contributed by atoms with E-state index in [2.05, 4.69) is 57.0 Å². The van der Waals surface area contributed by atoms with Gasteiger partial charge in [-0.2, -0.15) is 0 Å². The van der Waals surface area contributed by atoms with Gasteiger partial charge in [-0.3, -0.25) is 9.59 Å². The minimum absolute atomic E-state index is 0.112. The van der Waals surface area contributed by atoms with Crippen LogP contribution < -0.4 is 10.6 Å². The summed E-state index contributed by atoms with van der Waals surface area (Å²) < 4.78 is 9.59. The molecule has 4 heterocycles. The summed E-state index contributed by atoms with van der Waals surface area (Å²) in [6, 6.07) is 11.7. The molecule has 0 radical (unpaired) electrons. The number of methoxy groups -OCH3 is 2. The first kappa shape index (κ1) is 41.8. The molecule has 2 saturated heterocycles. The topological polar surface area (TPSA) is 175 Å². The number of hydrogen-bond acceptors (Lipinski definition) is 10. The Morgan fingerprint density at radius 3 is 1.57 bits per heavy atom. The molecule has 3 fully saturated rings. The normalized spacial score (nSPS) is 21.9. The van der Waals surface area contributed by atoms with Gasteiger partial charge in [0, 0.05) is 30.2 Å². The lowest BCUT2D eigenvalue weighted by atomic mass is 9.64. The van der Waals surface area contributed by atoms with Crippen molar-refractivity contribution in [1.82, 2.24) is 40.4 Å². The van der Waals surface area contributed by atoms with Crippen LogP contribution in [0.25, 0.3) is 33.6 Å². The number of carbonyl (C=O) groups excluding carboxylic acids is 4. The highest BCUT2D eigenvalue weighted by molar-refractivity contribution is 8.00.